The van der Waals surface area contributed by atoms with Gasteiger partial charge in [0, 0.05) is 5.56 Å². The summed E-state index contributed by atoms with van der Waals surface area (Å²) in [6.07, 6.45) is 0.159. The van der Waals surface area contributed by atoms with Crippen LogP contribution in [0.3, 0.4) is 0 Å². The Balaban J connectivity index is 1.12. The molecule has 6 rings (SSSR count). The number of carbonyl (C=O) groups excluding carboxylic acids is 1. The molecule has 0 radical (unpaired) electrons. The number of hydrogen-bond acceptors (Lipinski definition) is 7. The second-order valence-corrected chi connectivity index (χ2v) is 12.9. The molecule has 0 spiro atoms. The largest absolute Gasteiger partial charge is 0.494 e. The van der Waals surface area contributed by atoms with E-state index in [0.29, 0.717) is 30.0 Å². The zero-order valence-corrected chi connectivity index (χ0v) is 26.3. The van der Waals surface area contributed by atoms with Gasteiger partial charge in [-0.1, -0.05) is 78.0 Å². The molecule has 1 aliphatic carbocycles. The number of aromatic nitrogens is 1. The first-order chi connectivity index (χ1) is 21.3. The van der Waals surface area contributed by atoms with Crippen molar-refractivity contribution >= 4 is 30.3 Å². The zero-order chi connectivity index (χ0) is 32.1. The minimum atomic E-state index is -0.767. The van der Waals surface area contributed by atoms with E-state index in [1.54, 1.807) is 6.92 Å². The van der Waals surface area contributed by atoms with Crippen molar-refractivity contribution in [1.82, 2.24) is 5.16 Å². The smallest absolute Gasteiger partial charge is 0.481 e. The lowest BCUT2D eigenvalue weighted by Crippen LogP contribution is -2.41. The number of ether oxygens (including phenoxy) is 1. The van der Waals surface area contributed by atoms with Gasteiger partial charge in [-0.3, -0.25) is 10.1 Å². The number of aliphatic carboxylic acids is 1. The summed E-state index contributed by atoms with van der Waals surface area (Å²) in [7, 11) is -0.518. The van der Waals surface area contributed by atoms with Crippen LogP contribution in [0.1, 0.15) is 70.4 Å². The molecule has 1 unspecified atom stereocenters. The average molecular weight is 609 g/mol. The van der Waals surface area contributed by atoms with Crippen molar-refractivity contribution in [3.63, 3.8) is 0 Å². The topological polar surface area (TPSA) is 120 Å². The fourth-order valence-electron chi connectivity index (χ4n) is 5.56. The van der Waals surface area contributed by atoms with Gasteiger partial charge in [-0.25, -0.2) is 4.79 Å². The average Bonchev–Trinajstić information content (AvgIpc) is 3.70. The molecular formula is C35H37BN2O7. The maximum absolute atomic E-state index is 13.0. The number of carboxylic acids is 1. The Hall–Kier alpha value is -4.41. The molecule has 2 fully saturated rings. The van der Waals surface area contributed by atoms with E-state index in [4.69, 9.17) is 18.6 Å². The minimum Gasteiger partial charge on any atom is -0.481 e. The quantitative estimate of drug-likeness (QED) is 0.205. The van der Waals surface area contributed by atoms with Crippen LogP contribution in [0, 0.1) is 6.92 Å². The van der Waals surface area contributed by atoms with Gasteiger partial charge in [-0.15, -0.1) is 0 Å². The number of rotatable bonds is 8. The number of anilines is 1. The van der Waals surface area contributed by atoms with Crippen molar-refractivity contribution in [2.45, 2.75) is 77.1 Å². The molecule has 2 aliphatic rings. The number of carbonyl (C=O) groups is 2. The Kier molecular flexibility index (Phi) is 7.61. The van der Waals surface area contributed by atoms with Crippen LogP contribution in [0.25, 0.3) is 22.5 Å². The zero-order valence-electron chi connectivity index (χ0n) is 26.3. The van der Waals surface area contributed by atoms with Crippen molar-refractivity contribution < 1.29 is 33.3 Å². The summed E-state index contributed by atoms with van der Waals surface area (Å²) in [5, 5.41) is 16.5. The molecule has 0 bridgehead atoms. The molecule has 3 aromatic carbocycles. The van der Waals surface area contributed by atoms with E-state index >= 15 is 0 Å². The monoisotopic (exact) mass is 608 g/mol. The Labute approximate surface area is 263 Å². The Bertz CT molecular complexity index is 1720. The number of hydrogen-bond donors (Lipinski definition) is 2. The molecule has 1 atom stereocenters. The summed E-state index contributed by atoms with van der Waals surface area (Å²) in [5.41, 5.74) is 4.46. The summed E-state index contributed by atoms with van der Waals surface area (Å²) in [6.45, 7) is 11.6. The van der Waals surface area contributed by atoms with Crippen molar-refractivity contribution in [2.75, 3.05) is 5.32 Å². The van der Waals surface area contributed by atoms with Crippen LogP contribution < -0.4 is 10.8 Å². The Morgan fingerprint density at radius 1 is 0.911 bits per heavy atom. The van der Waals surface area contributed by atoms with Crippen molar-refractivity contribution in [2.24, 2.45) is 0 Å². The Morgan fingerprint density at radius 2 is 1.49 bits per heavy atom. The van der Waals surface area contributed by atoms with Crippen molar-refractivity contribution in [3.8, 4) is 22.5 Å². The molecule has 1 saturated carbocycles. The van der Waals surface area contributed by atoms with E-state index in [1.165, 1.54) is 0 Å². The summed E-state index contributed by atoms with van der Waals surface area (Å²) in [6, 6.07) is 23.0. The highest BCUT2D eigenvalue weighted by Gasteiger charge is 2.52. The molecule has 1 aromatic heterocycles. The molecule has 45 heavy (non-hydrogen) atoms. The first-order valence-electron chi connectivity index (χ1n) is 15.1. The lowest BCUT2D eigenvalue weighted by atomic mass is 9.78. The molecule has 1 aliphatic heterocycles. The third-order valence-corrected chi connectivity index (χ3v) is 9.36. The van der Waals surface area contributed by atoms with Gasteiger partial charge < -0.3 is 23.7 Å². The third kappa shape index (κ3) is 5.76. The highest BCUT2D eigenvalue weighted by atomic mass is 16.7. The molecule has 1 saturated heterocycles. The summed E-state index contributed by atoms with van der Waals surface area (Å²) < 4.78 is 23.7. The van der Waals surface area contributed by atoms with Crippen molar-refractivity contribution in [3.05, 3.63) is 89.6 Å². The third-order valence-electron chi connectivity index (χ3n) is 9.36. The maximum Gasteiger partial charge on any atom is 0.494 e. The van der Waals surface area contributed by atoms with Gasteiger partial charge >= 0.3 is 19.2 Å². The number of carboxylic acid groups (broad SMARTS) is 1. The van der Waals surface area contributed by atoms with Crippen LogP contribution in [0.4, 0.5) is 10.5 Å². The summed E-state index contributed by atoms with van der Waals surface area (Å²) in [4.78, 5) is 24.7. The van der Waals surface area contributed by atoms with Crippen LogP contribution in [0.15, 0.2) is 77.3 Å². The number of nitrogens with zero attached hydrogens (tertiary/aromatic N) is 1. The first-order valence-corrected chi connectivity index (χ1v) is 15.1. The second-order valence-electron chi connectivity index (χ2n) is 12.9. The Morgan fingerprint density at radius 3 is 2.07 bits per heavy atom. The highest BCUT2D eigenvalue weighted by Crippen LogP contribution is 2.48. The SMILES string of the molecule is Cc1noc(-c2ccc(-c3ccc(C4(C(=O)O)CC4)cc3)cc2)c1NC(=O)OC(C)c1cccc(B2OC(C)(C)C(C)(C)O2)c1. The van der Waals surface area contributed by atoms with Crippen LogP contribution in [-0.2, 0) is 24.3 Å². The number of nitrogens with one attached hydrogen (secondary N) is 1. The van der Waals surface area contributed by atoms with Gasteiger partial charge in [-0.05, 0) is 82.1 Å². The number of benzene rings is 3. The molecule has 9 nitrogen and oxygen atoms in total. The van der Waals surface area contributed by atoms with Gasteiger partial charge in [0.25, 0.3) is 0 Å². The predicted molar refractivity (Wildman–Crippen MR) is 171 cm³/mol. The highest BCUT2D eigenvalue weighted by molar-refractivity contribution is 6.62. The van der Waals surface area contributed by atoms with E-state index in [1.807, 2.05) is 107 Å². The molecule has 2 N–H and O–H groups in total. The van der Waals surface area contributed by atoms with Gasteiger partial charge in [0.05, 0.1) is 16.6 Å². The van der Waals surface area contributed by atoms with E-state index in [9.17, 15) is 14.7 Å². The standard InChI is InChI=1S/C35H37BN2O7/c1-21-29(37-32(41)42-22(2)26-8-7-9-28(20-26)36-44-33(3,4)34(5,6)45-36)30(43-38-21)25-12-10-23(11-13-25)24-14-16-27(17-15-24)35(18-19-35)31(39)40/h7-17,20,22H,18-19H2,1-6H3,(H,37,41)(H,39,40). The number of amides is 1. The lowest BCUT2D eigenvalue weighted by Gasteiger charge is -2.32. The summed E-state index contributed by atoms with van der Waals surface area (Å²) in [5.74, 6) is -0.351. The fourth-order valence-corrected chi connectivity index (χ4v) is 5.56. The lowest BCUT2D eigenvalue weighted by molar-refractivity contribution is -0.140. The minimum absolute atomic E-state index is 0.416. The molecular weight excluding hydrogens is 571 g/mol. The maximum atomic E-state index is 13.0. The molecule has 1 amide bonds. The van der Waals surface area contributed by atoms with Gasteiger partial charge in [-0.2, -0.15) is 0 Å². The fraction of sp³-hybridized carbons (Fsp3) is 0.343. The molecule has 232 valence electrons. The van der Waals surface area contributed by atoms with Crippen LogP contribution in [0.2, 0.25) is 0 Å². The second kappa shape index (κ2) is 11.2. The molecule has 4 aromatic rings. The predicted octanol–water partition coefficient (Wildman–Crippen LogP) is 7.04. The summed E-state index contributed by atoms with van der Waals surface area (Å²) >= 11 is 0. The van der Waals surface area contributed by atoms with E-state index in [2.05, 4.69) is 10.5 Å². The van der Waals surface area contributed by atoms with Crippen LogP contribution in [0.5, 0.6) is 0 Å². The van der Waals surface area contributed by atoms with Crippen LogP contribution >= 0.6 is 0 Å². The first kappa shape index (κ1) is 30.6. The molecule has 10 heteroatoms. The number of aryl methyl sites for hydroxylation is 1. The van der Waals surface area contributed by atoms with Gasteiger partial charge in [0.15, 0.2) is 5.76 Å². The van der Waals surface area contributed by atoms with Crippen LogP contribution in [-0.4, -0.2) is 40.6 Å². The normalized spacial score (nSPS) is 18.3. The molecule has 2 heterocycles. The van der Waals surface area contributed by atoms with Gasteiger partial charge in [0.2, 0.25) is 0 Å². The van der Waals surface area contributed by atoms with Gasteiger partial charge in [0.1, 0.15) is 17.5 Å². The van der Waals surface area contributed by atoms with E-state index < -0.39 is 41.9 Å². The van der Waals surface area contributed by atoms with Crippen molar-refractivity contribution in [1.29, 1.82) is 0 Å². The van der Waals surface area contributed by atoms with E-state index in [-0.39, 0.29) is 0 Å². The van der Waals surface area contributed by atoms with E-state index in [0.717, 1.165) is 33.3 Å².